The summed E-state index contributed by atoms with van der Waals surface area (Å²) in [5, 5.41) is 0. The number of carbonyl (C=O) groups is 2. The third-order valence-electron chi connectivity index (χ3n) is 7.71. The zero-order valence-corrected chi connectivity index (χ0v) is 32.6. The van der Waals surface area contributed by atoms with Crippen molar-refractivity contribution in [1.29, 1.82) is 0 Å². The van der Waals surface area contributed by atoms with Crippen LogP contribution in [-0.4, -0.2) is 49.8 Å². The van der Waals surface area contributed by atoms with Gasteiger partial charge in [0, 0.05) is 11.8 Å². The number of esters is 2. The van der Waals surface area contributed by atoms with E-state index in [-0.39, 0.29) is 23.9 Å². The minimum absolute atomic E-state index is 0.0399. The normalized spacial score (nSPS) is 11.8. The maximum atomic E-state index is 13.9. The van der Waals surface area contributed by atoms with Gasteiger partial charge in [-0.1, -0.05) is 48.0 Å². The molecule has 0 radical (unpaired) electrons. The Bertz CT molecular complexity index is 2250. The van der Waals surface area contributed by atoms with Crippen LogP contribution in [0.4, 0.5) is 0 Å². The molecule has 0 saturated heterocycles. The van der Waals surface area contributed by atoms with Crippen molar-refractivity contribution < 1.29 is 41.1 Å². The van der Waals surface area contributed by atoms with Crippen molar-refractivity contribution in [3.05, 3.63) is 114 Å². The zero-order chi connectivity index (χ0) is 39.3. The van der Waals surface area contributed by atoms with Gasteiger partial charge in [-0.05, 0) is 132 Å². The molecule has 0 amide bonds. The fraction of sp³-hybridized carbons (Fsp3) is 0.279. The summed E-state index contributed by atoms with van der Waals surface area (Å²) >= 11 is 0. The van der Waals surface area contributed by atoms with Crippen molar-refractivity contribution in [3.63, 3.8) is 0 Å². The molecule has 0 aliphatic carbocycles. The molecule has 1 aromatic heterocycles. The Kier molecular flexibility index (Phi) is 11.8. The molecule has 0 saturated carbocycles. The Morgan fingerprint density at radius 1 is 0.648 bits per heavy atom. The molecule has 0 aliphatic heterocycles. The number of ether oxygens (including phenoxy) is 4. The van der Waals surface area contributed by atoms with E-state index in [0.29, 0.717) is 50.6 Å². The first-order valence-corrected chi connectivity index (χ1v) is 18.8. The number of aromatic nitrogens is 1. The van der Waals surface area contributed by atoms with Crippen molar-refractivity contribution in [2.75, 3.05) is 13.2 Å². The summed E-state index contributed by atoms with van der Waals surface area (Å²) < 4.78 is 56.4. The van der Waals surface area contributed by atoms with Crippen LogP contribution in [0, 0.1) is 13.8 Å². The van der Waals surface area contributed by atoms with Crippen molar-refractivity contribution >= 4 is 22.1 Å². The lowest BCUT2D eigenvalue weighted by atomic mass is 9.88. The topological polar surface area (TPSA) is 127 Å². The van der Waals surface area contributed by atoms with Crippen LogP contribution in [0.3, 0.4) is 0 Å². The van der Waals surface area contributed by atoms with Crippen LogP contribution in [0.25, 0.3) is 33.5 Å². The van der Waals surface area contributed by atoms with Gasteiger partial charge in [0.1, 0.15) is 27.6 Å². The smallest absolute Gasteiger partial charge is 0.344 e. The number of rotatable bonds is 12. The Labute approximate surface area is 317 Å². The summed E-state index contributed by atoms with van der Waals surface area (Å²) in [6, 6.07) is 28.0. The summed E-state index contributed by atoms with van der Waals surface area (Å²) in [5.41, 5.74) is 3.48. The highest BCUT2D eigenvalue weighted by atomic mass is 32.2. The second kappa shape index (κ2) is 16.1. The van der Waals surface area contributed by atoms with E-state index in [1.165, 1.54) is 6.07 Å². The second-order valence-corrected chi connectivity index (χ2v) is 16.2. The molecule has 0 unspecified atom stereocenters. The average molecular weight is 752 g/mol. The van der Waals surface area contributed by atoms with E-state index in [0.717, 1.165) is 5.56 Å². The lowest BCUT2D eigenvalue weighted by Gasteiger charge is -2.21. The van der Waals surface area contributed by atoms with E-state index in [1.807, 2.05) is 19.1 Å². The summed E-state index contributed by atoms with van der Waals surface area (Å²) in [5.74, 6) is -0.209. The van der Waals surface area contributed by atoms with E-state index in [1.54, 1.807) is 134 Å². The van der Waals surface area contributed by atoms with E-state index >= 15 is 0 Å². The van der Waals surface area contributed by atoms with E-state index in [2.05, 4.69) is 4.98 Å². The Morgan fingerprint density at radius 3 is 1.80 bits per heavy atom. The fourth-order valence-corrected chi connectivity index (χ4v) is 6.88. The third-order valence-corrected chi connectivity index (χ3v) is 9.10. The number of hydrogen-bond acceptors (Lipinski definition) is 10. The van der Waals surface area contributed by atoms with E-state index in [9.17, 15) is 18.0 Å². The van der Waals surface area contributed by atoms with E-state index in [4.69, 9.17) is 23.1 Å². The van der Waals surface area contributed by atoms with Crippen LogP contribution in [0.2, 0.25) is 0 Å². The molecule has 0 fully saturated rings. The van der Waals surface area contributed by atoms with Gasteiger partial charge in [-0.15, -0.1) is 0 Å². The molecule has 4 aromatic carbocycles. The Morgan fingerprint density at radius 2 is 1.24 bits per heavy atom. The minimum Gasteiger partial charge on any atom is -0.482 e. The predicted octanol–water partition coefficient (Wildman–Crippen LogP) is 8.91. The molecule has 10 nitrogen and oxygen atoms in total. The third kappa shape index (κ3) is 10.5. The highest BCUT2D eigenvalue weighted by molar-refractivity contribution is 7.87. The number of aryl methyl sites for hydroxylation is 2. The van der Waals surface area contributed by atoms with Crippen LogP contribution in [-0.2, 0) is 29.2 Å². The molecular weight excluding hydrogens is 707 g/mol. The standard InChI is InChI=1S/C43H45NO9S/c1-28-18-21-37(29(2)23-28)54(47,48)53-36-20-19-34(30-13-11-15-32(24-30)49-26-38(45)51-42(3,4)5)40(41(36)35-17-9-10-22-44-35)31-14-12-16-33(25-31)50-27-39(46)52-43(6,7)8/h9-25H,26-27H2,1-8H3. The molecule has 282 valence electrons. The van der Waals surface area contributed by atoms with Crippen molar-refractivity contribution in [1.82, 2.24) is 4.98 Å². The largest absolute Gasteiger partial charge is 0.482 e. The summed E-state index contributed by atoms with van der Waals surface area (Å²) in [7, 11) is -4.31. The molecular formula is C43H45NO9S. The molecule has 5 rings (SSSR count). The van der Waals surface area contributed by atoms with Crippen molar-refractivity contribution in [3.8, 4) is 50.8 Å². The van der Waals surface area contributed by atoms with Gasteiger partial charge >= 0.3 is 22.1 Å². The SMILES string of the molecule is Cc1ccc(S(=O)(=O)Oc2ccc(-c3cccc(OCC(=O)OC(C)(C)C)c3)c(-c3cccc(OCC(=O)OC(C)(C)C)c3)c2-c2ccccn2)c(C)c1. The molecule has 0 aliphatic rings. The van der Waals surface area contributed by atoms with Gasteiger partial charge in [0.2, 0.25) is 0 Å². The molecule has 0 N–H and O–H groups in total. The first-order chi connectivity index (χ1) is 25.4. The molecule has 54 heavy (non-hydrogen) atoms. The quantitative estimate of drug-likeness (QED) is 0.0901. The lowest BCUT2D eigenvalue weighted by Crippen LogP contribution is -2.27. The maximum Gasteiger partial charge on any atom is 0.344 e. The summed E-state index contributed by atoms with van der Waals surface area (Å²) in [6.07, 6.45) is 1.61. The van der Waals surface area contributed by atoms with Gasteiger partial charge in [-0.2, -0.15) is 8.42 Å². The second-order valence-electron chi connectivity index (χ2n) is 14.7. The molecule has 0 spiro atoms. The summed E-state index contributed by atoms with van der Waals surface area (Å²) in [4.78, 5) is 29.7. The van der Waals surface area contributed by atoms with E-state index < -0.39 is 33.3 Å². The molecule has 0 bridgehead atoms. The first kappa shape index (κ1) is 39.5. The number of nitrogens with zero attached hydrogens (tertiary/aromatic N) is 1. The highest BCUT2D eigenvalue weighted by Gasteiger charge is 2.27. The highest BCUT2D eigenvalue weighted by Crippen LogP contribution is 2.46. The van der Waals surface area contributed by atoms with Crippen molar-refractivity contribution in [2.24, 2.45) is 0 Å². The number of hydrogen-bond donors (Lipinski definition) is 0. The number of benzene rings is 4. The zero-order valence-electron chi connectivity index (χ0n) is 31.8. The monoisotopic (exact) mass is 751 g/mol. The van der Waals surface area contributed by atoms with Crippen LogP contribution in [0.15, 0.2) is 108 Å². The summed E-state index contributed by atoms with van der Waals surface area (Å²) in [6.45, 7) is 13.7. The van der Waals surface area contributed by atoms with Crippen molar-refractivity contribution in [2.45, 2.75) is 71.5 Å². The molecule has 5 aromatic rings. The molecule has 11 heteroatoms. The van der Waals surface area contributed by atoms with Gasteiger partial charge in [0.05, 0.1) is 11.3 Å². The first-order valence-electron chi connectivity index (χ1n) is 17.4. The number of pyridine rings is 1. The Hall–Kier alpha value is -5.68. The minimum atomic E-state index is -4.31. The van der Waals surface area contributed by atoms with Gasteiger partial charge in [-0.3, -0.25) is 4.98 Å². The van der Waals surface area contributed by atoms with Crippen LogP contribution >= 0.6 is 0 Å². The van der Waals surface area contributed by atoms with Crippen LogP contribution in [0.1, 0.15) is 52.7 Å². The van der Waals surface area contributed by atoms with Crippen LogP contribution < -0.4 is 13.7 Å². The molecule has 1 heterocycles. The van der Waals surface area contributed by atoms with Gasteiger partial charge < -0.3 is 23.1 Å². The van der Waals surface area contributed by atoms with Gasteiger partial charge in [-0.25, -0.2) is 9.59 Å². The van der Waals surface area contributed by atoms with Gasteiger partial charge in [0.25, 0.3) is 0 Å². The molecule has 0 atom stereocenters. The maximum absolute atomic E-state index is 13.9. The lowest BCUT2D eigenvalue weighted by molar-refractivity contribution is -0.158. The van der Waals surface area contributed by atoms with Gasteiger partial charge in [0.15, 0.2) is 19.0 Å². The average Bonchev–Trinajstić information content (AvgIpc) is 3.08. The van der Waals surface area contributed by atoms with Crippen LogP contribution in [0.5, 0.6) is 17.2 Å². The number of carbonyl (C=O) groups excluding carboxylic acids is 2. The predicted molar refractivity (Wildman–Crippen MR) is 207 cm³/mol. The fourth-order valence-electron chi connectivity index (χ4n) is 5.72. The Balaban J connectivity index is 1.67.